The van der Waals surface area contributed by atoms with E-state index in [-0.39, 0.29) is 69.5 Å². The Labute approximate surface area is 243 Å². The van der Waals surface area contributed by atoms with Crippen molar-refractivity contribution in [2.45, 2.75) is 122 Å². The summed E-state index contributed by atoms with van der Waals surface area (Å²) in [6, 6.07) is 5.24. The fraction of sp³-hybridized carbons (Fsp3) is 0.704. The first-order valence-corrected chi connectivity index (χ1v) is 12.8. The van der Waals surface area contributed by atoms with E-state index in [0.29, 0.717) is 6.42 Å². The summed E-state index contributed by atoms with van der Waals surface area (Å²) in [5, 5.41) is 23.2. The Bertz CT molecular complexity index is 621. The van der Waals surface area contributed by atoms with Gasteiger partial charge in [-0.2, -0.15) is 0 Å². The maximum absolute atomic E-state index is 12.1. The van der Waals surface area contributed by atoms with Crippen LogP contribution in [0.1, 0.15) is 115 Å². The van der Waals surface area contributed by atoms with Gasteiger partial charge in [0.25, 0.3) is 0 Å². The normalized spacial score (nSPS) is 11.5. The molecule has 1 atom stereocenters. The van der Waals surface area contributed by atoms with E-state index in [9.17, 15) is 19.8 Å². The van der Waals surface area contributed by atoms with Crippen LogP contribution in [0.25, 0.3) is 0 Å². The van der Waals surface area contributed by atoms with Crippen LogP contribution < -0.4 is 61.8 Å². The Balaban J connectivity index is 0.0000102. The number of nitrogens with one attached hydrogen (secondary N) is 1. The number of carboxylic acid groups (broad SMARTS) is 1. The monoisotopic (exact) mass is 485 g/mol. The summed E-state index contributed by atoms with van der Waals surface area (Å²) in [5.41, 5.74) is 0.726. The SMILES string of the molecule is CCCCCCCCCCCCCCCCCC(=O)N[C@@H](Cc1ccc(O)cc1)C(=O)[O-].[K+]. The van der Waals surface area contributed by atoms with Crippen LogP contribution >= 0.6 is 0 Å². The Morgan fingerprint density at radius 2 is 1.21 bits per heavy atom. The van der Waals surface area contributed by atoms with Crippen LogP contribution in [-0.4, -0.2) is 23.0 Å². The van der Waals surface area contributed by atoms with E-state index in [2.05, 4.69) is 12.2 Å². The molecular formula is C27H44KNO4. The summed E-state index contributed by atoms with van der Waals surface area (Å²) < 4.78 is 0. The number of hydrogen-bond acceptors (Lipinski definition) is 4. The molecule has 0 bridgehead atoms. The van der Waals surface area contributed by atoms with Gasteiger partial charge >= 0.3 is 51.4 Å². The van der Waals surface area contributed by atoms with Crippen LogP contribution in [0.4, 0.5) is 0 Å². The van der Waals surface area contributed by atoms with E-state index in [1.807, 2.05) is 0 Å². The van der Waals surface area contributed by atoms with Crippen molar-refractivity contribution in [2.24, 2.45) is 0 Å². The number of aromatic hydroxyl groups is 1. The average molecular weight is 486 g/mol. The van der Waals surface area contributed by atoms with E-state index >= 15 is 0 Å². The number of rotatable bonds is 20. The summed E-state index contributed by atoms with van der Waals surface area (Å²) in [7, 11) is 0. The maximum Gasteiger partial charge on any atom is 1.00 e. The Morgan fingerprint density at radius 1 is 0.788 bits per heavy atom. The minimum atomic E-state index is -1.29. The third-order valence-corrected chi connectivity index (χ3v) is 6.00. The quantitative estimate of drug-likeness (QED) is 0.219. The molecule has 33 heavy (non-hydrogen) atoms. The third-order valence-electron chi connectivity index (χ3n) is 6.00. The van der Waals surface area contributed by atoms with Gasteiger partial charge in [-0.15, -0.1) is 0 Å². The van der Waals surface area contributed by atoms with Gasteiger partial charge in [-0.05, 0) is 30.5 Å². The van der Waals surface area contributed by atoms with Crippen molar-refractivity contribution in [1.29, 1.82) is 0 Å². The van der Waals surface area contributed by atoms with E-state index < -0.39 is 12.0 Å². The smallest absolute Gasteiger partial charge is 0.548 e. The molecule has 182 valence electrons. The number of phenols is 1. The first-order chi connectivity index (χ1) is 15.5. The number of aliphatic carboxylic acids is 1. The molecule has 1 rings (SSSR count). The van der Waals surface area contributed by atoms with Gasteiger partial charge in [0.15, 0.2) is 0 Å². The van der Waals surface area contributed by atoms with Crippen molar-refractivity contribution in [3.63, 3.8) is 0 Å². The van der Waals surface area contributed by atoms with E-state index in [1.165, 1.54) is 89.2 Å². The van der Waals surface area contributed by atoms with Crippen molar-refractivity contribution < 1.29 is 71.2 Å². The standard InChI is InChI=1S/C27H45NO4.K/c1-2-3-4-5-6-7-8-9-10-11-12-13-14-15-16-17-26(30)28-25(27(31)32)22-23-18-20-24(29)21-19-23;/h18-21,25,29H,2-17,22H2,1H3,(H,28,30)(H,31,32);/q;+1/p-1/t25-;/m0./s1. The number of carbonyl (C=O) groups is 2. The molecule has 0 aliphatic carbocycles. The van der Waals surface area contributed by atoms with Crippen molar-refractivity contribution in [1.82, 2.24) is 5.32 Å². The maximum atomic E-state index is 12.1. The molecule has 5 nitrogen and oxygen atoms in total. The number of carbonyl (C=O) groups excluding carboxylic acids is 2. The Hall–Kier alpha value is -0.404. The van der Waals surface area contributed by atoms with Crippen LogP contribution in [0.5, 0.6) is 5.75 Å². The molecule has 0 heterocycles. The van der Waals surface area contributed by atoms with Crippen molar-refractivity contribution in [2.75, 3.05) is 0 Å². The van der Waals surface area contributed by atoms with Gasteiger partial charge in [0, 0.05) is 6.42 Å². The van der Waals surface area contributed by atoms with E-state index in [4.69, 9.17) is 0 Å². The zero-order chi connectivity index (χ0) is 23.4. The summed E-state index contributed by atoms with van der Waals surface area (Å²) >= 11 is 0. The van der Waals surface area contributed by atoms with Gasteiger partial charge in [0.05, 0.1) is 12.0 Å². The Morgan fingerprint density at radius 3 is 1.64 bits per heavy atom. The number of carboxylic acids is 1. The second-order valence-corrected chi connectivity index (χ2v) is 9.01. The predicted molar refractivity (Wildman–Crippen MR) is 128 cm³/mol. The average Bonchev–Trinajstić information content (AvgIpc) is 2.77. The fourth-order valence-corrected chi connectivity index (χ4v) is 3.98. The fourth-order valence-electron chi connectivity index (χ4n) is 3.98. The first kappa shape index (κ1) is 32.6. The summed E-state index contributed by atoms with van der Waals surface area (Å²) in [6.07, 6.45) is 19.5. The zero-order valence-electron chi connectivity index (χ0n) is 21.1. The number of unbranched alkanes of at least 4 members (excludes halogenated alkanes) is 14. The first-order valence-electron chi connectivity index (χ1n) is 12.8. The number of hydrogen-bond donors (Lipinski definition) is 2. The zero-order valence-corrected chi connectivity index (χ0v) is 24.2. The van der Waals surface area contributed by atoms with Gasteiger partial charge < -0.3 is 20.3 Å². The van der Waals surface area contributed by atoms with Crippen LogP contribution in [0, 0.1) is 0 Å². The number of benzene rings is 1. The second-order valence-electron chi connectivity index (χ2n) is 9.01. The van der Waals surface area contributed by atoms with E-state index in [0.717, 1.165) is 24.8 Å². The molecule has 0 aromatic heterocycles. The molecule has 1 aromatic rings. The molecule has 0 saturated heterocycles. The molecule has 0 spiro atoms. The van der Waals surface area contributed by atoms with Crippen molar-refractivity contribution >= 4 is 11.9 Å². The summed E-state index contributed by atoms with van der Waals surface area (Å²) in [4.78, 5) is 23.4. The van der Waals surface area contributed by atoms with Gasteiger partial charge in [-0.3, -0.25) is 4.79 Å². The molecule has 0 fully saturated rings. The molecule has 0 aliphatic heterocycles. The molecule has 0 unspecified atom stereocenters. The molecule has 6 heteroatoms. The van der Waals surface area contributed by atoms with Crippen LogP contribution in [0.15, 0.2) is 24.3 Å². The van der Waals surface area contributed by atoms with Gasteiger partial charge in [-0.25, -0.2) is 0 Å². The number of phenolic OH excluding ortho intramolecular Hbond substituents is 1. The molecular weight excluding hydrogens is 441 g/mol. The van der Waals surface area contributed by atoms with Crippen LogP contribution in [0.2, 0.25) is 0 Å². The molecule has 1 amide bonds. The molecule has 1 aromatic carbocycles. The van der Waals surface area contributed by atoms with Crippen LogP contribution in [-0.2, 0) is 16.0 Å². The van der Waals surface area contributed by atoms with Gasteiger partial charge in [0.2, 0.25) is 5.91 Å². The van der Waals surface area contributed by atoms with Gasteiger partial charge in [-0.1, -0.05) is 109 Å². The summed E-state index contributed by atoms with van der Waals surface area (Å²) in [6.45, 7) is 2.26. The topological polar surface area (TPSA) is 89.5 Å². The second kappa shape index (κ2) is 22.1. The predicted octanol–water partition coefficient (Wildman–Crippen LogP) is 2.43. The van der Waals surface area contributed by atoms with E-state index in [1.54, 1.807) is 12.1 Å². The third kappa shape index (κ3) is 18.6. The summed E-state index contributed by atoms with van der Waals surface area (Å²) in [5.74, 6) is -1.41. The van der Waals surface area contributed by atoms with Crippen molar-refractivity contribution in [3.8, 4) is 5.75 Å². The molecule has 0 aliphatic rings. The minimum absolute atomic E-state index is 0. The number of amides is 1. The Kier molecular flexibility index (Phi) is 21.8. The largest absolute Gasteiger partial charge is 1.00 e. The van der Waals surface area contributed by atoms with Gasteiger partial charge in [0.1, 0.15) is 5.75 Å². The molecule has 0 saturated carbocycles. The molecule has 2 N–H and O–H groups in total. The van der Waals surface area contributed by atoms with Crippen LogP contribution in [0.3, 0.4) is 0 Å². The minimum Gasteiger partial charge on any atom is -0.548 e. The van der Waals surface area contributed by atoms with Crippen molar-refractivity contribution in [3.05, 3.63) is 29.8 Å². The molecule has 0 radical (unpaired) electrons.